The number of benzene rings is 1. The fourth-order valence-corrected chi connectivity index (χ4v) is 2.49. The molecule has 2 aromatic heterocycles. The number of amides is 2. The van der Waals surface area contributed by atoms with Crippen molar-refractivity contribution in [2.24, 2.45) is 0 Å². The fourth-order valence-electron chi connectivity index (χ4n) is 2.49. The van der Waals surface area contributed by atoms with Gasteiger partial charge in [0.1, 0.15) is 0 Å². The summed E-state index contributed by atoms with van der Waals surface area (Å²) in [6.07, 6.45) is 6.19. The van der Waals surface area contributed by atoms with Crippen molar-refractivity contribution in [3.8, 4) is 5.69 Å². The van der Waals surface area contributed by atoms with Gasteiger partial charge in [-0.25, -0.2) is 9.48 Å². The van der Waals surface area contributed by atoms with E-state index in [1.165, 1.54) is 0 Å². The number of carbonyl (C=O) groups is 1. The predicted molar refractivity (Wildman–Crippen MR) is 96.4 cm³/mol. The Morgan fingerprint density at radius 3 is 2.72 bits per heavy atom. The lowest BCUT2D eigenvalue weighted by molar-refractivity contribution is 0.207. The number of aromatic nitrogens is 3. The molecule has 2 heterocycles. The SMILES string of the molecule is CN(Cc1cnn(-c2ccccc2)c1)C(=O)NCCc1ccccn1. The van der Waals surface area contributed by atoms with Gasteiger partial charge in [-0.1, -0.05) is 24.3 Å². The summed E-state index contributed by atoms with van der Waals surface area (Å²) in [4.78, 5) is 18.1. The van der Waals surface area contributed by atoms with E-state index in [1.54, 1.807) is 24.3 Å². The number of nitrogens with zero attached hydrogens (tertiary/aromatic N) is 4. The Bertz CT molecular complexity index is 801. The first-order valence-electron chi connectivity index (χ1n) is 8.20. The van der Waals surface area contributed by atoms with E-state index in [-0.39, 0.29) is 6.03 Å². The Morgan fingerprint density at radius 2 is 1.96 bits per heavy atom. The smallest absolute Gasteiger partial charge is 0.317 e. The summed E-state index contributed by atoms with van der Waals surface area (Å²) in [6, 6.07) is 15.6. The lowest BCUT2D eigenvalue weighted by Gasteiger charge is -2.17. The molecule has 0 fully saturated rings. The van der Waals surface area contributed by atoms with Crippen LogP contribution in [0.3, 0.4) is 0 Å². The Kier molecular flexibility index (Phi) is 5.41. The molecule has 3 rings (SSSR count). The molecule has 0 bridgehead atoms. The van der Waals surface area contributed by atoms with E-state index < -0.39 is 0 Å². The first-order chi connectivity index (χ1) is 12.2. The summed E-state index contributed by atoms with van der Waals surface area (Å²) in [5, 5.41) is 7.26. The van der Waals surface area contributed by atoms with Crippen molar-refractivity contribution in [2.75, 3.05) is 13.6 Å². The van der Waals surface area contributed by atoms with Crippen LogP contribution in [0.2, 0.25) is 0 Å². The molecule has 6 nitrogen and oxygen atoms in total. The molecule has 128 valence electrons. The van der Waals surface area contributed by atoms with E-state index in [9.17, 15) is 4.79 Å². The molecule has 1 N–H and O–H groups in total. The first kappa shape index (κ1) is 16.7. The molecule has 0 aliphatic carbocycles. The van der Waals surface area contributed by atoms with Crippen molar-refractivity contribution in [1.29, 1.82) is 0 Å². The molecule has 0 saturated heterocycles. The summed E-state index contributed by atoms with van der Waals surface area (Å²) in [5.74, 6) is 0. The number of urea groups is 1. The lowest BCUT2D eigenvalue weighted by Crippen LogP contribution is -2.37. The highest BCUT2D eigenvalue weighted by Crippen LogP contribution is 2.09. The van der Waals surface area contributed by atoms with Crippen LogP contribution in [0.4, 0.5) is 4.79 Å². The molecule has 25 heavy (non-hydrogen) atoms. The van der Waals surface area contributed by atoms with E-state index in [0.717, 1.165) is 16.9 Å². The van der Waals surface area contributed by atoms with E-state index in [2.05, 4.69) is 15.4 Å². The first-order valence-corrected chi connectivity index (χ1v) is 8.20. The number of nitrogens with one attached hydrogen (secondary N) is 1. The number of rotatable bonds is 6. The quantitative estimate of drug-likeness (QED) is 0.753. The van der Waals surface area contributed by atoms with Gasteiger partial charge in [-0.05, 0) is 24.3 Å². The number of pyridine rings is 1. The van der Waals surface area contributed by atoms with Crippen molar-refractivity contribution >= 4 is 6.03 Å². The largest absolute Gasteiger partial charge is 0.338 e. The third-order valence-corrected chi connectivity index (χ3v) is 3.81. The van der Waals surface area contributed by atoms with Crippen LogP contribution < -0.4 is 5.32 Å². The topological polar surface area (TPSA) is 63.1 Å². The van der Waals surface area contributed by atoms with E-state index >= 15 is 0 Å². The number of hydrogen-bond donors (Lipinski definition) is 1. The zero-order valence-electron chi connectivity index (χ0n) is 14.2. The summed E-state index contributed by atoms with van der Waals surface area (Å²) in [5.41, 5.74) is 2.94. The minimum atomic E-state index is -0.108. The molecule has 0 saturated carbocycles. The summed E-state index contributed by atoms with van der Waals surface area (Å²) in [6.45, 7) is 1.06. The lowest BCUT2D eigenvalue weighted by atomic mass is 10.3. The second kappa shape index (κ2) is 8.10. The molecular formula is C19H21N5O. The van der Waals surface area contributed by atoms with E-state index in [0.29, 0.717) is 19.5 Å². The fraction of sp³-hybridized carbons (Fsp3) is 0.211. The molecule has 0 spiro atoms. The van der Waals surface area contributed by atoms with Crippen molar-refractivity contribution < 1.29 is 4.79 Å². The zero-order valence-corrected chi connectivity index (χ0v) is 14.2. The average molecular weight is 335 g/mol. The number of carbonyl (C=O) groups excluding carboxylic acids is 1. The molecule has 2 amide bonds. The van der Waals surface area contributed by atoms with Gasteiger partial charge >= 0.3 is 6.03 Å². The molecule has 0 radical (unpaired) electrons. The van der Waals surface area contributed by atoms with Crippen LogP contribution in [-0.4, -0.2) is 39.3 Å². The van der Waals surface area contributed by atoms with Crippen LogP contribution >= 0.6 is 0 Å². The maximum atomic E-state index is 12.2. The van der Waals surface area contributed by atoms with Crippen LogP contribution in [-0.2, 0) is 13.0 Å². The summed E-state index contributed by atoms with van der Waals surface area (Å²) in [7, 11) is 1.77. The third kappa shape index (κ3) is 4.67. The second-order valence-electron chi connectivity index (χ2n) is 5.79. The Morgan fingerprint density at radius 1 is 1.16 bits per heavy atom. The maximum absolute atomic E-state index is 12.2. The molecular weight excluding hydrogens is 314 g/mol. The zero-order chi connectivity index (χ0) is 17.5. The van der Waals surface area contributed by atoms with Crippen LogP contribution in [0, 0.1) is 0 Å². The molecule has 1 aromatic carbocycles. The second-order valence-corrected chi connectivity index (χ2v) is 5.79. The van der Waals surface area contributed by atoms with Crippen LogP contribution in [0.15, 0.2) is 67.1 Å². The molecule has 0 aliphatic rings. The minimum Gasteiger partial charge on any atom is -0.338 e. The standard InChI is InChI=1S/C19H21N5O/c1-23(19(25)21-12-10-17-7-5-6-11-20-17)14-16-13-22-24(15-16)18-8-3-2-4-9-18/h2-9,11,13,15H,10,12,14H2,1H3,(H,21,25). The average Bonchev–Trinajstić information content (AvgIpc) is 3.12. The van der Waals surface area contributed by atoms with E-state index in [4.69, 9.17) is 0 Å². The number of hydrogen-bond acceptors (Lipinski definition) is 3. The van der Waals surface area contributed by atoms with Gasteiger partial charge < -0.3 is 10.2 Å². The predicted octanol–water partition coefficient (Wildman–Crippen LogP) is 2.65. The highest BCUT2D eigenvalue weighted by atomic mass is 16.2. The maximum Gasteiger partial charge on any atom is 0.317 e. The molecule has 3 aromatic rings. The van der Waals surface area contributed by atoms with Gasteiger partial charge in [-0.2, -0.15) is 5.10 Å². The highest BCUT2D eigenvalue weighted by Gasteiger charge is 2.10. The van der Waals surface area contributed by atoms with Crippen molar-refractivity contribution in [1.82, 2.24) is 25.0 Å². The van der Waals surface area contributed by atoms with Crippen LogP contribution in [0.25, 0.3) is 5.69 Å². The van der Waals surface area contributed by atoms with Gasteiger partial charge in [0.05, 0.1) is 18.4 Å². The van der Waals surface area contributed by atoms with Gasteiger partial charge in [0, 0.05) is 43.7 Å². The summed E-state index contributed by atoms with van der Waals surface area (Å²) < 4.78 is 1.81. The molecule has 0 unspecified atom stereocenters. The third-order valence-electron chi connectivity index (χ3n) is 3.81. The Hall–Kier alpha value is -3.15. The van der Waals surface area contributed by atoms with E-state index in [1.807, 2.05) is 59.4 Å². The highest BCUT2D eigenvalue weighted by molar-refractivity contribution is 5.73. The van der Waals surface area contributed by atoms with Crippen molar-refractivity contribution in [2.45, 2.75) is 13.0 Å². The number of para-hydroxylation sites is 1. The van der Waals surface area contributed by atoms with Crippen molar-refractivity contribution in [3.63, 3.8) is 0 Å². The van der Waals surface area contributed by atoms with Gasteiger partial charge in [-0.3, -0.25) is 4.98 Å². The van der Waals surface area contributed by atoms with Crippen LogP contribution in [0.5, 0.6) is 0 Å². The molecule has 6 heteroatoms. The van der Waals surface area contributed by atoms with Gasteiger partial charge in [0.25, 0.3) is 0 Å². The Balaban J connectivity index is 1.49. The molecule has 0 aliphatic heterocycles. The minimum absolute atomic E-state index is 0.108. The molecule has 0 atom stereocenters. The van der Waals surface area contributed by atoms with Crippen molar-refractivity contribution in [3.05, 3.63) is 78.4 Å². The normalized spacial score (nSPS) is 10.4. The van der Waals surface area contributed by atoms with Crippen LogP contribution in [0.1, 0.15) is 11.3 Å². The van der Waals surface area contributed by atoms with Gasteiger partial charge in [-0.15, -0.1) is 0 Å². The Labute approximate surface area is 147 Å². The van der Waals surface area contributed by atoms with Gasteiger partial charge in [0.15, 0.2) is 0 Å². The monoisotopic (exact) mass is 335 g/mol. The summed E-state index contributed by atoms with van der Waals surface area (Å²) >= 11 is 0. The van der Waals surface area contributed by atoms with Gasteiger partial charge in [0.2, 0.25) is 0 Å².